The van der Waals surface area contributed by atoms with Gasteiger partial charge in [0.1, 0.15) is 16.7 Å². The molecule has 0 aliphatic carbocycles. The van der Waals surface area contributed by atoms with Crippen molar-refractivity contribution in [1.82, 2.24) is 24.5 Å². The second kappa shape index (κ2) is 8.84. The van der Waals surface area contributed by atoms with E-state index in [1.165, 1.54) is 12.6 Å². The summed E-state index contributed by atoms with van der Waals surface area (Å²) in [5, 5.41) is 13.0. The molecule has 3 aromatic rings. The summed E-state index contributed by atoms with van der Waals surface area (Å²) in [6.45, 7) is 6.05. The Bertz CT molecular complexity index is 1360. The van der Waals surface area contributed by atoms with Crippen molar-refractivity contribution < 1.29 is 10.1 Å². The van der Waals surface area contributed by atoms with Gasteiger partial charge in [0.15, 0.2) is 17.1 Å². The highest BCUT2D eigenvalue weighted by molar-refractivity contribution is 6.36. The molecule has 0 radical (unpaired) electrons. The number of aliphatic imine (C=N–C) groups is 1. The van der Waals surface area contributed by atoms with Gasteiger partial charge in [0.2, 0.25) is 17.7 Å². The molecule has 0 unspecified atom stereocenters. The van der Waals surface area contributed by atoms with Crippen molar-refractivity contribution in [2.45, 2.75) is 20.3 Å². The van der Waals surface area contributed by atoms with E-state index in [1.54, 1.807) is 28.5 Å². The van der Waals surface area contributed by atoms with E-state index in [2.05, 4.69) is 35.1 Å². The molecular weight excluding hydrogens is 456 g/mol. The minimum Gasteiger partial charge on any atom is -0.446 e. The maximum atomic E-state index is 7.72. The molecule has 0 aromatic carbocycles. The molecular formula is C22H24ClN10O+. The monoisotopic (exact) mass is 479 g/mol. The number of aryl methyl sites for hydroxylation is 3. The highest BCUT2D eigenvalue weighted by Crippen LogP contribution is 2.34. The number of ether oxygens (including phenoxy) is 1. The maximum Gasteiger partial charge on any atom is 0.230 e. The van der Waals surface area contributed by atoms with E-state index in [0.717, 1.165) is 36.4 Å². The minimum atomic E-state index is 0.304. The first-order valence-electron chi connectivity index (χ1n) is 10.8. The SMILES string of the molecule is Cc1nc(Nc2nc3ncc(O/C(C=N)=C4\C=NC=C[NH2+]4)c(Cl)c3n2C)nc(C)c1N1CCC1. The van der Waals surface area contributed by atoms with Crippen LogP contribution in [0, 0.1) is 19.3 Å². The molecule has 0 spiro atoms. The van der Waals surface area contributed by atoms with Crippen LogP contribution in [0.25, 0.3) is 11.2 Å². The van der Waals surface area contributed by atoms with E-state index in [0.29, 0.717) is 45.3 Å². The van der Waals surface area contributed by atoms with Gasteiger partial charge in [-0.1, -0.05) is 11.6 Å². The second-order valence-corrected chi connectivity index (χ2v) is 8.37. The second-order valence-electron chi connectivity index (χ2n) is 7.99. The molecule has 12 heteroatoms. The third kappa shape index (κ3) is 3.88. The lowest BCUT2D eigenvalue weighted by Gasteiger charge is -2.34. The number of pyridine rings is 1. The topological polar surface area (TPSA) is 134 Å². The average molecular weight is 480 g/mol. The van der Waals surface area contributed by atoms with Crippen molar-refractivity contribution in [3.05, 3.63) is 46.5 Å². The fourth-order valence-corrected chi connectivity index (χ4v) is 4.26. The predicted octanol–water partition coefficient (Wildman–Crippen LogP) is 2.34. The zero-order valence-corrected chi connectivity index (χ0v) is 19.8. The van der Waals surface area contributed by atoms with Gasteiger partial charge in [-0.25, -0.2) is 15.0 Å². The number of allylic oxidation sites excluding steroid dienone is 2. The summed E-state index contributed by atoms with van der Waals surface area (Å²) in [4.78, 5) is 24.6. The summed E-state index contributed by atoms with van der Waals surface area (Å²) in [6.07, 6.45) is 8.84. The molecule has 0 bridgehead atoms. The fraction of sp³-hybridized carbons (Fsp3) is 0.273. The van der Waals surface area contributed by atoms with Gasteiger partial charge < -0.3 is 19.6 Å². The van der Waals surface area contributed by atoms with Gasteiger partial charge in [-0.05, 0) is 20.3 Å². The largest absolute Gasteiger partial charge is 0.446 e. The first-order valence-corrected chi connectivity index (χ1v) is 11.2. The Morgan fingerprint density at radius 2 is 2.00 bits per heavy atom. The van der Waals surface area contributed by atoms with E-state index < -0.39 is 0 Å². The zero-order valence-electron chi connectivity index (χ0n) is 19.0. The summed E-state index contributed by atoms with van der Waals surface area (Å²) in [5.74, 6) is 1.58. The number of aromatic nitrogens is 5. The Labute approximate surface area is 200 Å². The van der Waals surface area contributed by atoms with Gasteiger partial charge in [0.05, 0.1) is 41.9 Å². The Kier molecular flexibility index (Phi) is 5.72. The van der Waals surface area contributed by atoms with Crippen molar-refractivity contribution in [2.75, 3.05) is 23.3 Å². The minimum absolute atomic E-state index is 0.304. The third-order valence-corrected chi connectivity index (χ3v) is 6.10. The van der Waals surface area contributed by atoms with E-state index in [9.17, 15) is 0 Å². The number of anilines is 3. The van der Waals surface area contributed by atoms with Crippen molar-refractivity contribution in [2.24, 2.45) is 12.0 Å². The average Bonchev–Trinajstić information content (AvgIpc) is 3.11. The lowest BCUT2D eigenvalue weighted by Crippen LogP contribution is -2.77. The molecule has 174 valence electrons. The molecule has 0 amide bonds. The van der Waals surface area contributed by atoms with E-state index in [-0.39, 0.29) is 0 Å². The molecule has 34 heavy (non-hydrogen) atoms. The van der Waals surface area contributed by atoms with Crippen LogP contribution in [0.3, 0.4) is 0 Å². The molecule has 3 aromatic heterocycles. The fourth-order valence-electron chi connectivity index (χ4n) is 3.96. The van der Waals surface area contributed by atoms with Crippen LogP contribution in [0.4, 0.5) is 17.6 Å². The summed E-state index contributed by atoms with van der Waals surface area (Å²) in [7, 11) is 1.82. The number of halogens is 1. The van der Waals surface area contributed by atoms with Crippen molar-refractivity contribution in [1.29, 1.82) is 5.41 Å². The third-order valence-electron chi connectivity index (χ3n) is 5.73. The summed E-state index contributed by atoms with van der Waals surface area (Å²) in [6, 6.07) is 0. The number of hydrogen-bond acceptors (Lipinski definition) is 9. The molecule has 5 rings (SSSR count). The van der Waals surface area contributed by atoms with Crippen LogP contribution in [0.1, 0.15) is 17.8 Å². The van der Waals surface area contributed by atoms with Crippen LogP contribution in [-0.2, 0) is 7.05 Å². The number of quaternary nitrogens is 1. The Hall–Kier alpha value is -3.83. The quantitative estimate of drug-likeness (QED) is 0.365. The van der Waals surface area contributed by atoms with Gasteiger partial charge in [0, 0.05) is 20.1 Å². The molecule has 0 saturated carbocycles. The molecule has 2 aliphatic heterocycles. The normalized spacial score (nSPS) is 16.5. The number of nitrogens with two attached hydrogens (primary N) is 1. The Balaban J connectivity index is 1.46. The molecule has 5 heterocycles. The number of nitrogens with zero attached hydrogens (tertiary/aromatic N) is 7. The Morgan fingerprint density at radius 3 is 2.62 bits per heavy atom. The van der Waals surface area contributed by atoms with Crippen LogP contribution < -0.4 is 20.3 Å². The first-order chi connectivity index (χ1) is 16.5. The number of fused-ring (bicyclic) bond motifs is 1. The van der Waals surface area contributed by atoms with Gasteiger partial charge in [-0.2, -0.15) is 4.98 Å². The van der Waals surface area contributed by atoms with Crippen LogP contribution >= 0.6 is 11.6 Å². The van der Waals surface area contributed by atoms with Gasteiger partial charge in [-0.3, -0.25) is 15.6 Å². The van der Waals surface area contributed by atoms with E-state index in [4.69, 9.17) is 21.7 Å². The van der Waals surface area contributed by atoms with Crippen LogP contribution in [0.5, 0.6) is 5.75 Å². The Morgan fingerprint density at radius 1 is 1.24 bits per heavy atom. The number of rotatable bonds is 6. The molecule has 0 atom stereocenters. The molecule has 1 saturated heterocycles. The van der Waals surface area contributed by atoms with Crippen LogP contribution in [-0.4, -0.2) is 50.0 Å². The lowest BCUT2D eigenvalue weighted by molar-refractivity contribution is -0.528. The van der Waals surface area contributed by atoms with E-state index >= 15 is 0 Å². The van der Waals surface area contributed by atoms with Gasteiger partial charge in [0.25, 0.3) is 0 Å². The molecule has 4 N–H and O–H groups in total. The standard InChI is InChI=1S/C22H23ClN10O/c1-12-18(33-7-4-8-33)13(2)29-21(28-12)31-22-30-20-19(32(22)3)17(23)16(11-27-20)34-15(9-24)14-10-25-5-6-26-14/h5-6,9-11,24,26H,4,7-8H2,1-3H3,(H,27,28,29,30,31)/p+1/b15-14+,24-9?. The predicted molar refractivity (Wildman–Crippen MR) is 131 cm³/mol. The zero-order chi connectivity index (χ0) is 23.8. The number of hydrogen-bond donors (Lipinski definition) is 3. The van der Waals surface area contributed by atoms with Crippen molar-refractivity contribution in [3.63, 3.8) is 0 Å². The molecule has 11 nitrogen and oxygen atoms in total. The summed E-state index contributed by atoms with van der Waals surface area (Å²) in [5.41, 5.74) is 4.63. The first kappa shape index (κ1) is 22.0. The van der Waals surface area contributed by atoms with Crippen LogP contribution in [0.2, 0.25) is 5.02 Å². The highest BCUT2D eigenvalue weighted by Gasteiger charge is 2.22. The van der Waals surface area contributed by atoms with Gasteiger partial charge in [-0.15, -0.1) is 0 Å². The van der Waals surface area contributed by atoms with Crippen LogP contribution in [0.15, 0.2) is 35.0 Å². The number of imidazole rings is 1. The van der Waals surface area contributed by atoms with Gasteiger partial charge >= 0.3 is 0 Å². The lowest BCUT2D eigenvalue weighted by atomic mass is 10.1. The summed E-state index contributed by atoms with van der Waals surface area (Å²) < 4.78 is 7.68. The summed E-state index contributed by atoms with van der Waals surface area (Å²) >= 11 is 6.69. The molecule has 2 aliphatic rings. The number of nitrogens with one attached hydrogen (secondary N) is 2. The van der Waals surface area contributed by atoms with Crippen molar-refractivity contribution >= 4 is 52.8 Å². The molecule has 1 fully saturated rings. The van der Waals surface area contributed by atoms with E-state index in [1.807, 2.05) is 20.9 Å². The van der Waals surface area contributed by atoms with Crippen molar-refractivity contribution in [3.8, 4) is 5.75 Å². The highest BCUT2D eigenvalue weighted by atomic mass is 35.5. The smallest absolute Gasteiger partial charge is 0.230 e. The maximum absolute atomic E-state index is 7.72.